The van der Waals surface area contributed by atoms with Crippen LogP contribution in [0.2, 0.25) is 0 Å². The zero-order valence-electron chi connectivity index (χ0n) is 24.5. The van der Waals surface area contributed by atoms with Crippen LogP contribution in [-0.4, -0.2) is 71.0 Å². The van der Waals surface area contributed by atoms with Crippen LogP contribution < -0.4 is 21.7 Å². The van der Waals surface area contributed by atoms with Crippen molar-refractivity contribution in [3.05, 3.63) is 0 Å². The van der Waals surface area contributed by atoms with Crippen LogP contribution in [0, 0.1) is 17.3 Å². The molecule has 2 rings (SSSR count). The number of urea groups is 1. The summed E-state index contributed by atoms with van der Waals surface area (Å²) in [5, 5.41) is 9.12. The fourth-order valence-electron chi connectivity index (χ4n) is 4.22. The van der Waals surface area contributed by atoms with Crippen molar-refractivity contribution in [3.63, 3.8) is 0 Å². The molecule has 226 valence electrons. The third-order valence-corrected chi connectivity index (χ3v) is 7.12. The number of hydrogen-bond acceptors (Lipinski definition) is 5. The highest BCUT2D eigenvalue weighted by atomic mass is 35.5. The molecule has 0 aromatic rings. The Morgan fingerprint density at radius 3 is 1.92 bits per heavy atom. The van der Waals surface area contributed by atoms with Crippen LogP contribution in [0.15, 0.2) is 0 Å². The van der Waals surface area contributed by atoms with Gasteiger partial charge in [0.25, 0.3) is 5.91 Å². The van der Waals surface area contributed by atoms with Crippen molar-refractivity contribution in [2.45, 2.75) is 111 Å². The minimum absolute atomic E-state index is 0.0436. The zero-order valence-corrected chi connectivity index (χ0v) is 26.0. The molecule has 2 fully saturated rings. The van der Waals surface area contributed by atoms with E-state index in [-0.39, 0.29) is 52.9 Å². The van der Waals surface area contributed by atoms with E-state index in [0.29, 0.717) is 13.0 Å². The number of carbonyl (C=O) groups is 5. The molecule has 0 bridgehead atoms. The highest BCUT2D eigenvalue weighted by Crippen LogP contribution is 2.30. The van der Waals surface area contributed by atoms with Gasteiger partial charge in [0.1, 0.15) is 12.1 Å². The second-order valence-electron chi connectivity index (χ2n) is 11.7. The first-order valence-corrected chi connectivity index (χ1v) is 14.7. The molecule has 0 aromatic heterocycles. The number of alkyl halides is 2. The Labute approximate surface area is 243 Å². The molecule has 1 saturated heterocycles. The normalized spacial score (nSPS) is 19.1. The number of nitrogens with two attached hydrogens (primary N) is 1. The lowest BCUT2D eigenvalue weighted by molar-refractivity contribution is -0.140. The molecule has 4 unspecified atom stereocenters. The summed E-state index contributed by atoms with van der Waals surface area (Å²) < 4.78 is 0. The summed E-state index contributed by atoms with van der Waals surface area (Å²) in [6.07, 6.45) is 6.35. The molecule has 2 aliphatic rings. The minimum atomic E-state index is -0.926. The number of hydrogen-bond donors (Lipinski definition) is 4. The van der Waals surface area contributed by atoms with E-state index in [1.807, 2.05) is 20.8 Å². The van der Waals surface area contributed by atoms with Crippen LogP contribution in [0.5, 0.6) is 0 Å². The number of nitrogens with one attached hydrogen (secondary N) is 3. The average molecular weight is 595 g/mol. The zero-order chi connectivity index (χ0) is 30.3. The Balaban J connectivity index is 0.00000159. The van der Waals surface area contributed by atoms with E-state index in [0.717, 1.165) is 18.8 Å². The summed E-state index contributed by atoms with van der Waals surface area (Å²) >= 11 is 9.53. The summed E-state index contributed by atoms with van der Waals surface area (Å²) in [5.74, 6) is -0.515. The average Bonchev–Trinajstić information content (AvgIpc) is 3.30. The van der Waals surface area contributed by atoms with Crippen molar-refractivity contribution < 1.29 is 24.0 Å². The maximum atomic E-state index is 13.3. The van der Waals surface area contributed by atoms with Gasteiger partial charge < -0.3 is 26.6 Å². The van der Waals surface area contributed by atoms with Gasteiger partial charge >= 0.3 is 6.03 Å². The Hall–Kier alpha value is -2.07. The van der Waals surface area contributed by atoms with Gasteiger partial charge in [0.15, 0.2) is 0 Å². The molecule has 0 spiro atoms. The van der Waals surface area contributed by atoms with E-state index in [1.54, 1.807) is 4.90 Å². The Bertz CT molecular complexity index is 802. The van der Waals surface area contributed by atoms with Gasteiger partial charge in [-0.25, -0.2) is 4.79 Å². The molecule has 0 aromatic carbocycles. The summed E-state index contributed by atoms with van der Waals surface area (Å²) in [7, 11) is 0. The molecule has 5 N–H and O–H groups in total. The Morgan fingerprint density at radius 2 is 1.51 bits per heavy atom. The number of aldehydes is 1. The number of likely N-dealkylation sites (tertiary alicyclic amines) is 1. The van der Waals surface area contributed by atoms with Crippen LogP contribution in [0.4, 0.5) is 4.79 Å². The molecule has 4 atom stereocenters. The fourth-order valence-corrected chi connectivity index (χ4v) is 4.22. The molecule has 1 aliphatic carbocycles. The van der Waals surface area contributed by atoms with E-state index < -0.39 is 18.0 Å². The Morgan fingerprint density at radius 1 is 0.974 bits per heavy atom. The number of nitrogens with zero attached hydrogens (tertiary/aromatic N) is 1. The molecule has 10 nitrogen and oxygen atoms in total. The number of halogens is 2. The van der Waals surface area contributed by atoms with E-state index in [2.05, 4.69) is 49.4 Å². The fraction of sp³-hybridized carbons (Fsp3) is 0.815. The molecule has 39 heavy (non-hydrogen) atoms. The first kappa shape index (κ1) is 36.9. The van der Waals surface area contributed by atoms with Crippen LogP contribution in [0.1, 0.15) is 87.0 Å². The number of carbonyl (C=O) groups excluding carboxylic acids is 5. The van der Waals surface area contributed by atoms with Gasteiger partial charge in [-0.3, -0.25) is 19.2 Å². The quantitative estimate of drug-likeness (QED) is 0.183. The van der Waals surface area contributed by atoms with E-state index in [9.17, 15) is 19.2 Å². The Kier molecular flexibility index (Phi) is 17.3. The monoisotopic (exact) mass is 593 g/mol. The predicted octanol–water partition coefficient (Wildman–Crippen LogP) is 3.52. The molecular formula is C27H49Cl2N5O5. The van der Waals surface area contributed by atoms with Gasteiger partial charge in [-0.05, 0) is 50.4 Å². The van der Waals surface area contributed by atoms with Crippen molar-refractivity contribution in [1.82, 2.24) is 20.9 Å². The van der Waals surface area contributed by atoms with Crippen LogP contribution in [0.25, 0.3) is 0 Å². The van der Waals surface area contributed by atoms with Crippen molar-refractivity contribution in [1.29, 1.82) is 0 Å². The highest BCUT2D eigenvalue weighted by Gasteiger charge is 2.39. The van der Waals surface area contributed by atoms with Crippen molar-refractivity contribution >= 4 is 53.2 Å². The smallest absolute Gasteiger partial charge is 0.315 e. The summed E-state index contributed by atoms with van der Waals surface area (Å²) in [5.41, 5.74) is 4.20. The molecule has 1 aliphatic heterocycles. The third kappa shape index (κ3) is 14.2. The summed E-state index contributed by atoms with van der Waals surface area (Å²) in [4.78, 5) is 58.7. The first-order valence-electron chi connectivity index (χ1n) is 13.6. The van der Waals surface area contributed by atoms with Crippen LogP contribution >= 0.6 is 23.2 Å². The van der Waals surface area contributed by atoms with Gasteiger partial charge in [-0.15, -0.1) is 23.2 Å². The largest absolute Gasteiger partial charge is 0.363 e. The van der Waals surface area contributed by atoms with Gasteiger partial charge in [-0.2, -0.15) is 0 Å². The summed E-state index contributed by atoms with van der Waals surface area (Å²) in [6, 6.07) is -1.37. The second kappa shape index (κ2) is 18.3. The highest BCUT2D eigenvalue weighted by molar-refractivity contribution is 6.40. The molecule has 0 radical (unpaired) electrons. The standard InChI is InChI=1S/C24H44N4O3.C2H3NO2.CH2Cl2/c1-15(2)20(27-23(31)26-17(4)24(5,6)7)22(30)28-13-9-12-19(28)21(29)25-16(3)14-18-10-8-11-18;3-2(5)1-4;2-1-3/h15-20H,8-14H2,1-7H3,(H,25,29)(H2,26,27,31);1H,(H2,3,5);1H2. The maximum Gasteiger partial charge on any atom is 0.315 e. The minimum Gasteiger partial charge on any atom is -0.363 e. The SMILES string of the molecule is CC(CC1CCC1)NC(=O)C1CCCN1C(=O)C(NC(=O)NC(C)C(C)(C)C)C(C)C.ClCCl.NC(=O)C=O. The molecular weight excluding hydrogens is 545 g/mol. The lowest BCUT2D eigenvalue weighted by Crippen LogP contribution is -2.58. The number of primary amides is 1. The van der Waals surface area contributed by atoms with Crippen LogP contribution in [-0.2, 0) is 19.2 Å². The van der Waals surface area contributed by atoms with E-state index in [1.165, 1.54) is 19.3 Å². The van der Waals surface area contributed by atoms with Crippen LogP contribution in [0.3, 0.4) is 0 Å². The summed E-state index contributed by atoms with van der Waals surface area (Å²) in [6.45, 7) is 14.6. The molecule has 5 amide bonds. The van der Waals surface area contributed by atoms with Gasteiger partial charge in [0.2, 0.25) is 18.1 Å². The first-order chi connectivity index (χ1) is 18.1. The van der Waals surface area contributed by atoms with Gasteiger partial charge in [0, 0.05) is 18.6 Å². The second-order valence-corrected chi connectivity index (χ2v) is 12.5. The number of rotatable bonds is 9. The lowest BCUT2D eigenvalue weighted by Gasteiger charge is -2.33. The number of amides is 5. The van der Waals surface area contributed by atoms with Gasteiger partial charge in [0.05, 0.1) is 5.34 Å². The molecule has 12 heteroatoms. The maximum absolute atomic E-state index is 13.3. The van der Waals surface area contributed by atoms with Crippen molar-refractivity contribution in [2.75, 3.05) is 11.9 Å². The van der Waals surface area contributed by atoms with Gasteiger partial charge in [-0.1, -0.05) is 53.9 Å². The third-order valence-electron chi connectivity index (χ3n) is 7.12. The predicted molar refractivity (Wildman–Crippen MR) is 155 cm³/mol. The molecule has 1 heterocycles. The topological polar surface area (TPSA) is 151 Å². The van der Waals surface area contributed by atoms with Crippen molar-refractivity contribution in [2.24, 2.45) is 23.0 Å². The van der Waals surface area contributed by atoms with E-state index in [4.69, 9.17) is 28.0 Å². The lowest BCUT2D eigenvalue weighted by atomic mass is 9.81. The van der Waals surface area contributed by atoms with Crippen molar-refractivity contribution in [3.8, 4) is 0 Å². The van der Waals surface area contributed by atoms with E-state index >= 15 is 0 Å². The molecule has 1 saturated carbocycles.